The lowest BCUT2D eigenvalue weighted by Crippen LogP contribution is -2.40. The highest BCUT2D eigenvalue weighted by molar-refractivity contribution is 5.26. The summed E-state index contributed by atoms with van der Waals surface area (Å²) in [4.78, 5) is 0. The van der Waals surface area contributed by atoms with Crippen molar-refractivity contribution in [3.8, 4) is 0 Å². The van der Waals surface area contributed by atoms with E-state index >= 15 is 0 Å². The molecule has 1 unspecified atom stereocenters. The average Bonchev–Trinajstić information content (AvgIpc) is 2.39. The molecule has 106 valence electrons. The molecule has 1 aromatic rings. The van der Waals surface area contributed by atoms with Crippen LogP contribution in [-0.4, -0.2) is 19.0 Å². The first-order chi connectivity index (χ1) is 9.00. The summed E-state index contributed by atoms with van der Waals surface area (Å²) in [5.74, 6) is 0.0155. The largest absolute Gasteiger partial charge is 0.350 e. The van der Waals surface area contributed by atoms with Gasteiger partial charge in [-0.25, -0.2) is 0 Å². The Morgan fingerprint density at radius 1 is 1.11 bits per heavy atom. The fourth-order valence-electron chi connectivity index (χ4n) is 2.44. The van der Waals surface area contributed by atoms with Crippen molar-refractivity contribution in [2.75, 3.05) is 13.2 Å². The van der Waals surface area contributed by atoms with Crippen LogP contribution in [0.15, 0.2) is 24.3 Å². The Hall–Kier alpha value is -0.900. The molecule has 3 heteroatoms. The van der Waals surface area contributed by atoms with Gasteiger partial charge in [0.1, 0.15) is 0 Å². The number of nitrogens with two attached hydrogens (primary N) is 1. The van der Waals surface area contributed by atoms with Gasteiger partial charge < -0.3 is 15.2 Å². The third-order valence-electron chi connectivity index (χ3n) is 3.73. The van der Waals surface area contributed by atoms with Crippen molar-refractivity contribution in [3.63, 3.8) is 0 Å². The van der Waals surface area contributed by atoms with Gasteiger partial charge in [0.2, 0.25) is 0 Å². The third kappa shape index (κ3) is 3.78. The molecule has 1 aromatic carbocycles. The van der Waals surface area contributed by atoms with Gasteiger partial charge in [-0.05, 0) is 30.4 Å². The van der Waals surface area contributed by atoms with E-state index in [0.717, 1.165) is 25.2 Å². The summed E-state index contributed by atoms with van der Waals surface area (Å²) >= 11 is 0. The Morgan fingerprint density at radius 2 is 1.63 bits per heavy atom. The van der Waals surface area contributed by atoms with Gasteiger partial charge in [-0.3, -0.25) is 0 Å². The summed E-state index contributed by atoms with van der Waals surface area (Å²) in [6, 6.07) is 8.50. The maximum Gasteiger partial charge on any atom is 0.167 e. The van der Waals surface area contributed by atoms with Crippen LogP contribution in [0.5, 0.6) is 0 Å². The van der Waals surface area contributed by atoms with Gasteiger partial charge in [0.25, 0.3) is 0 Å². The zero-order chi connectivity index (χ0) is 13.9. The van der Waals surface area contributed by atoms with Crippen molar-refractivity contribution in [3.05, 3.63) is 35.4 Å². The van der Waals surface area contributed by atoms with E-state index in [4.69, 9.17) is 15.2 Å². The molecule has 0 aliphatic carbocycles. The zero-order valence-corrected chi connectivity index (χ0v) is 12.2. The van der Waals surface area contributed by atoms with Crippen LogP contribution in [0.2, 0.25) is 0 Å². The fourth-order valence-corrected chi connectivity index (χ4v) is 2.44. The van der Waals surface area contributed by atoms with Crippen LogP contribution in [0, 0.1) is 0 Å². The lowest BCUT2D eigenvalue weighted by molar-refractivity contribution is -0.260. The highest BCUT2D eigenvalue weighted by atomic mass is 16.7. The molecule has 1 saturated heterocycles. The second-order valence-corrected chi connectivity index (χ2v) is 5.82. The molecule has 2 rings (SSSR count). The summed E-state index contributed by atoms with van der Waals surface area (Å²) in [7, 11) is 0. The highest BCUT2D eigenvalue weighted by Crippen LogP contribution is 2.29. The van der Waals surface area contributed by atoms with Crippen LogP contribution in [0.3, 0.4) is 0 Å². The predicted octanol–water partition coefficient (Wildman–Crippen LogP) is 3.35. The molecule has 2 N–H and O–H groups in total. The second-order valence-electron chi connectivity index (χ2n) is 5.82. The molecule has 19 heavy (non-hydrogen) atoms. The first-order valence-corrected chi connectivity index (χ1v) is 7.13. The van der Waals surface area contributed by atoms with Gasteiger partial charge in [0.05, 0.1) is 13.2 Å². The Morgan fingerprint density at radius 3 is 2.16 bits per heavy atom. The minimum Gasteiger partial charge on any atom is -0.350 e. The summed E-state index contributed by atoms with van der Waals surface area (Å²) < 4.78 is 11.4. The Kier molecular flexibility index (Phi) is 4.61. The lowest BCUT2D eigenvalue weighted by atomic mass is 9.96. The van der Waals surface area contributed by atoms with Crippen molar-refractivity contribution in [2.45, 2.75) is 51.4 Å². The summed E-state index contributed by atoms with van der Waals surface area (Å²) in [6.07, 6.45) is 1.65. The SMILES string of the molecule is CC(C)c1ccc(C(N)CC2(C)OCCCO2)cc1. The molecule has 0 amide bonds. The number of hydrogen-bond acceptors (Lipinski definition) is 3. The standard InChI is InChI=1S/C16H25NO2/c1-12(2)13-5-7-14(8-6-13)15(17)11-16(3)18-9-4-10-19-16/h5-8,12,15H,4,9-11,17H2,1-3H3. The maximum atomic E-state index is 6.28. The Bertz CT molecular complexity index is 394. The van der Waals surface area contributed by atoms with E-state index in [-0.39, 0.29) is 6.04 Å². The van der Waals surface area contributed by atoms with Gasteiger partial charge in [0.15, 0.2) is 5.79 Å². The summed E-state index contributed by atoms with van der Waals surface area (Å²) in [6.45, 7) is 7.89. The smallest absolute Gasteiger partial charge is 0.167 e. The normalized spacial score (nSPS) is 20.5. The third-order valence-corrected chi connectivity index (χ3v) is 3.73. The quantitative estimate of drug-likeness (QED) is 0.906. The summed E-state index contributed by atoms with van der Waals surface area (Å²) in [5.41, 5.74) is 8.76. The number of benzene rings is 1. The molecule has 1 atom stereocenters. The predicted molar refractivity (Wildman–Crippen MR) is 77.0 cm³/mol. The van der Waals surface area contributed by atoms with E-state index in [9.17, 15) is 0 Å². The topological polar surface area (TPSA) is 44.5 Å². The van der Waals surface area contributed by atoms with E-state index in [1.165, 1.54) is 5.56 Å². The van der Waals surface area contributed by atoms with E-state index in [1.54, 1.807) is 0 Å². The van der Waals surface area contributed by atoms with E-state index in [0.29, 0.717) is 12.3 Å². The fraction of sp³-hybridized carbons (Fsp3) is 0.625. The molecule has 1 aliphatic rings. The molecular formula is C16H25NO2. The van der Waals surface area contributed by atoms with Gasteiger partial charge in [0, 0.05) is 12.5 Å². The van der Waals surface area contributed by atoms with Crippen molar-refractivity contribution < 1.29 is 9.47 Å². The van der Waals surface area contributed by atoms with Crippen LogP contribution in [0.4, 0.5) is 0 Å². The minimum absolute atomic E-state index is 0.0516. The van der Waals surface area contributed by atoms with Crippen LogP contribution < -0.4 is 5.73 Å². The Labute approximate surface area is 116 Å². The average molecular weight is 263 g/mol. The molecule has 1 aliphatic heterocycles. The maximum absolute atomic E-state index is 6.28. The van der Waals surface area contributed by atoms with Crippen LogP contribution in [0.25, 0.3) is 0 Å². The van der Waals surface area contributed by atoms with Gasteiger partial charge in [-0.15, -0.1) is 0 Å². The second kappa shape index (κ2) is 6.04. The van der Waals surface area contributed by atoms with Gasteiger partial charge in [-0.2, -0.15) is 0 Å². The van der Waals surface area contributed by atoms with E-state index < -0.39 is 5.79 Å². The number of ether oxygens (including phenoxy) is 2. The van der Waals surface area contributed by atoms with E-state index in [2.05, 4.69) is 38.1 Å². The van der Waals surface area contributed by atoms with Crippen LogP contribution >= 0.6 is 0 Å². The van der Waals surface area contributed by atoms with Crippen molar-refractivity contribution >= 4 is 0 Å². The molecule has 1 fully saturated rings. The van der Waals surface area contributed by atoms with Crippen LogP contribution in [0.1, 0.15) is 56.7 Å². The van der Waals surface area contributed by atoms with Crippen molar-refractivity contribution in [2.24, 2.45) is 5.73 Å². The van der Waals surface area contributed by atoms with Gasteiger partial charge in [-0.1, -0.05) is 38.1 Å². The molecule has 0 spiro atoms. The van der Waals surface area contributed by atoms with Crippen molar-refractivity contribution in [1.29, 1.82) is 0 Å². The van der Waals surface area contributed by atoms with Crippen molar-refractivity contribution in [1.82, 2.24) is 0 Å². The highest BCUT2D eigenvalue weighted by Gasteiger charge is 2.31. The molecule has 0 radical (unpaired) electrons. The number of rotatable bonds is 4. The summed E-state index contributed by atoms with van der Waals surface area (Å²) in [5, 5.41) is 0. The molecule has 0 bridgehead atoms. The molecule has 0 saturated carbocycles. The zero-order valence-electron chi connectivity index (χ0n) is 12.2. The first kappa shape index (κ1) is 14.5. The first-order valence-electron chi connectivity index (χ1n) is 7.13. The lowest BCUT2D eigenvalue weighted by Gasteiger charge is -2.35. The molecule has 3 nitrogen and oxygen atoms in total. The number of hydrogen-bond donors (Lipinski definition) is 1. The monoisotopic (exact) mass is 263 g/mol. The molecule has 0 aromatic heterocycles. The van der Waals surface area contributed by atoms with E-state index in [1.807, 2.05) is 6.92 Å². The van der Waals surface area contributed by atoms with Gasteiger partial charge >= 0.3 is 0 Å². The minimum atomic E-state index is -0.533. The Balaban J connectivity index is 2.00. The molecule has 1 heterocycles. The molecular weight excluding hydrogens is 238 g/mol. The van der Waals surface area contributed by atoms with Crippen LogP contribution in [-0.2, 0) is 9.47 Å².